The first-order valence-corrected chi connectivity index (χ1v) is 7.95. The third-order valence-electron chi connectivity index (χ3n) is 3.57. The highest BCUT2D eigenvalue weighted by Gasteiger charge is 2.32. The summed E-state index contributed by atoms with van der Waals surface area (Å²) in [6, 6.07) is 5.54. The van der Waals surface area contributed by atoms with Crippen LogP contribution in [0.15, 0.2) is 29.4 Å². The van der Waals surface area contributed by atoms with Gasteiger partial charge >= 0.3 is 0 Å². The van der Waals surface area contributed by atoms with Crippen molar-refractivity contribution < 1.29 is 8.42 Å². The Labute approximate surface area is 109 Å². The summed E-state index contributed by atoms with van der Waals surface area (Å²) in [5.41, 5.74) is 0. The van der Waals surface area contributed by atoms with Crippen LogP contribution in [0.4, 0.5) is 0 Å². The molecule has 0 saturated carbocycles. The second-order valence-electron chi connectivity index (χ2n) is 5.04. The van der Waals surface area contributed by atoms with Gasteiger partial charge in [0.1, 0.15) is 0 Å². The number of rotatable bonds is 3. The number of aromatic nitrogens is 1. The number of hydrogen-bond acceptors (Lipinski definition) is 4. The highest BCUT2D eigenvalue weighted by molar-refractivity contribution is 7.92. The molecule has 0 aliphatic carbocycles. The van der Waals surface area contributed by atoms with Gasteiger partial charge in [0, 0.05) is 12.2 Å². The summed E-state index contributed by atoms with van der Waals surface area (Å²) in [6.45, 7) is 6.00. The van der Waals surface area contributed by atoms with Crippen LogP contribution in [0.3, 0.4) is 0 Å². The average Bonchev–Trinajstić information content (AvgIpc) is 2.40. The Morgan fingerprint density at radius 3 is 2.44 bits per heavy atom. The van der Waals surface area contributed by atoms with Gasteiger partial charge < -0.3 is 4.90 Å². The lowest BCUT2D eigenvalue weighted by atomic mass is 10.1. The number of hydrogen-bond donors (Lipinski definition) is 0. The van der Waals surface area contributed by atoms with Gasteiger partial charge in [-0.2, -0.15) is 0 Å². The average molecular weight is 268 g/mol. The lowest BCUT2D eigenvalue weighted by Gasteiger charge is -2.34. The largest absolute Gasteiger partial charge is 0.301 e. The number of nitrogens with zero attached hydrogens (tertiary/aromatic N) is 2. The molecular weight excluding hydrogens is 248 g/mol. The molecule has 2 heterocycles. The van der Waals surface area contributed by atoms with Crippen molar-refractivity contribution in [2.45, 2.75) is 43.0 Å². The van der Waals surface area contributed by atoms with Gasteiger partial charge in [0.15, 0.2) is 14.9 Å². The number of likely N-dealkylation sites (tertiary alicyclic amines) is 1. The second kappa shape index (κ2) is 5.36. The predicted octanol–water partition coefficient (Wildman–Crippen LogP) is 1.73. The smallest absolute Gasteiger partial charge is 0.198 e. The van der Waals surface area contributed by atoms with Crippen LogP contribution in [0.5, 0.6) is 0 Å². The van der Waals surface area contributed by atoms with E-state index in [0.29, 0.717) is 18.9 Å². The van der Waals surface area contributed by atoms with Crippen LogP contribution in [-0.4, -0.2) is 42.7 Å². The number of sulfone groups is 1. The monoisotopic (exact) mass is 268 g/mol. The summed E-state index contributed by atoms with van der Waals surface area (Å²) < 4.78 is 24.8. The van der Waals surface area contributed by atoms with Gasteiger partial charge in [-0.1, -0.05) is 6.07 Å². The Morgan fingerprint density at radius 2 is 1.94 bits per heavy atom. The molecule has 2 rings (SSSR count). The normalized spacial score (nSPS) is 19.3. The van der Waals surface area contributed by atoms with Gasteiger partial charge in [0.05, 0.1) is 5.25 Å². The van der Waals surface area contributed by atoms with Crippen molar-refractivity contribution in [1.82, 2.24) is 9.88 Å². The van der Waals surface area contributed by atoms with Crippen molar-refractivity contribution in [2.75, 3.05) is 13.1 Å². The maximum Gasteiger partial charge on any atom is 0.198 e. The van der Waals surface area contributed by atoms with Gasteiger partial charge in [0.2, 0.25) is 0 Å². The molecule has 0 atom stereocenters. The predicted molar refractivity (Wildman–Crippen MR) is 71.2 cm³/mol. The highest BCUT2D eigenvalue weighted by Crippen LogP contribution is 2.23. The summed E-state index contributed by atoms with van der Waals surface area (Å²) in [4.78, 5) is 6.30. The van der Waals surface area contributed by atoms with E-state index in [1.165, 1.54) is 6.20 Å². The van der Waals surface area contributed by atoms with E-state index >= 15 is 0 Å². The zero-order chi connectivity index (χ0) is 13.2. The molecule has 0 bridgehead atoms. The van der Waals surface area contributed by atoms with Crippen LogP contribution in [0.1, 0.15) is 26.7 Å². The van der Waals surface area contributed by atoms with Crippen molar-refractivity contribution in [3.05, 3.63) is 24.4 Å². The molecule has 1 aliphatic heterocycles. The Morgan fingerprint density at radius 1 is 1.28 bits per heavy atom. The lowest BCUT2D eigenvalue weighted by Crippen LogP contribution is -2.42. The van der Waals surface area contributed by atoms with Gasteiger partial charge in [-0.15, -0.1) is 0 Å². The quantitative estimate of drug-likeness (QED) is 0.837. The molecule has 1 saturated heterocycles. The second-order valence-corrected chi connectivity index (χ2v) is 7.22. The zero-order valence-electron chi connectivity index (χ0n) is 10.9. The van der Waals surface area contributed by atoms with Crippen molar-refractivity contribution in [2.24, 2.45) is 0 Å². The van der Waals surface area contributed by atoms with Crippen molar-refractivity contribution in [3.8, 4) is 0 Å². The van der Waals surface area contributed by atoms with E-state index < -0.39 is 9.84 Å². The Hall–Kier alpha value is -0.940. The van der Waals surface area contributed by atoms with Crippen LogP contribution >= 0.6 is 0 Å². The van der Waals surface area contributed by atoms with Gasteiger partial charge in [-0.25, -0.2) is 13.4 Å². The summed E-state index contributed by atoms with van der Waals surface area (Å²) in [5.74, 6) is 0. The maximum absolute atomic E-state index is 12.4. The molecule has 18 heavy (non-hydrogen) atoms. The maximum atomic E-state index is 12.4. The zero-order valence-corrected chi connectivity index (χ0v) is 11.7. The molecule has 0 amide bonds. The van der Waals surface area contributed by atoms with E-state index in [9.17, 15) is 8.42 Å². The van der Waals surface area contributed by atoms with E-state index in [2.05, 4.69) is 23.7 Å². The standard InChI is InChI=1S/C13H20N2O2S/c1-11(2)15-9-6-12(7-10-15)18(16,17)13-5-3-4-8-14-13/h3-5,8,11-12H,6-7,9-10H2,1-2H3. The van der Waals surface area contributed by atoms with Crippen LogP contribution in [0.25, 0.3) is 0 Å². The van der Waals surface area contributed by atoms with Crippen LogP contribution in [0, 0.1) is 0 Å². The Balaban J connectivity index is 2.10. The van der Waals surface area contributed by atoms with Crippen LogP contribution in [-0.2, 0) is 9.84 Å². The fourth-order valence-electron chi connectivity index (χ4n) is 2.39. The van der Waals surface area contributed by atoms with E-state index in [1.807, 2.05) is 0 Å². The van der Waals surface area contributed by atoms with Crippen molar-refractivity contribution in [1.29, 1.82) is 0 Å². The van der Waals surface area contributed by atoms with E-state index in [4.69, 9.17) is 0 Å². The number of pyridine rings is 1. The summed E-state index contributed by atoms with van der Waals surface area (Å²) >= 11 is 0. The van der Waals surface area contributed by atoms with E-state index in [0.717, 1.165) is 13.1 Å². The minimum absolute atomic E-state index is 0.216. The molecule has 0 spiro atoms. The molecule has 1 aromatic heterocycles. The molecular formula is C13H20N2O2S. The molecule has 1 aromatic rings. The van der Waals surface area contributed by atoms with Crippen molar-refractivity contribution in [3.63, 3.8) is 0 Å². The third kappa shape index (κ3) is 2.72. The van der Waals surface area contributed by atoms with Gasteiger partial charge in [-0.3, -0.25) is 0 Å². The molecule has 100 valence electrons. The van der Waals surface area contributed by atoms with Gasteiger partial charge in [0.25, 0.3) is 0 Å². The summed E-state index contributed by atoms with van der Waals surface area (Å²) in [5, 5.41) is -0.0598. The molecule has 4 nitrogen and oxygen atoms in total. The van der Waals surface area contributed by atoms with Crippen LogP contribution < -0.4 is 0 Å². The minimum Gasteiger partial charge on any atom is -0.301 e. The highest BCUT2D eigenvalue weighted by atomic mass is 32.2. The fraction of sp³-hybridized carbons (Fsp3) is 0.615. The third-order valence-corrected chi connectivity index (χ3v) is 5.75. The van der Waals surface area contributed by atoms with E-state index in [-0.39, 0.29) is 10.3 Å². The summed E-state index contributed by atoms with van der Waals surface area (Å²) in [6.07, 6.45) is 2.95. The molecule has 1 aliphatic rings. The molecule has 0 radical (unpaired) electrons. The first kappa shape index (κ1) is 13.5. The fourth-order valence-corrected chi connectivity index (χ4v) is 4.04. The molecule has 0 N–H and O–H groups in total. The molecule has 5 heteroatoms. The first-order chi connectivity index (χ1) is 8.51. The first-order valence-electron chi connectivity index (χ1n) is 6.41. The van der Waals surface area contributed by atoms with Crippen molar-refractivity contribution >= 4 is 9.84 Å². The SMILES string of the molecule is CC(C)N1CCC(S(=O)(=O)c2ccccn2)CC1. The molecule has 1 fully saturated rings. The van der Waals surface area contributed by atoms with Gasteiger partial charge in [-0.05, 0) is 51.9 Å². The Bertz CT molecular complexity index is 477. The topological polar surface area (TPSA) is 50.3 Å². The summed E-state index contributed by atoms with van der Waals surface area (Å²) in [7, 11) is -3.25. The Kier molecular flexibility index (Phi) is 4.02. The minimum atomic E-state index is -3.25. The lowest BCUT2D eigenvalue weighted by molar-refractivity contribution is 0.186. The van der Waals surface area contributed by atoms with E-state index in [1.54, 1.807) is 18.2 Å². The van der Waals surface area contributed by atoms with Crippen LogP contribution in [0.2, 0.25) is 0 Å². The number of piperidine rings is 1. The molecule has 0 unspecified atom stereocenters. The molecule has 0 aromatic carbocycles.